The van der Waals surface area contributed by atoms with Crippen LogP contribution in [0.15, 0.2) is 121 Å². The molecule has 0 radical (unpaired) electrons. The first-order valence-electron chi connectivity index (χ1n) is 22.9. The summed E-state index contributed by atoms with van der Waals surface area (Å²) in [7, 11) is 0. The van der Waals surface area contributed by atoms with E-state index in [-0.39, 0.29) is 10.8 Å². The molecular weight excluding hydrogens is 793 g/mol. The number of hydrogen-bond acceptors (Lipinski definition) is 8. The Bertz CT molecular complexity index is 2440. The minimum Gasteiger partial charge on any atom is -0.478 e. The summed E-state index contributed by atoms with van der Waals surface area (Å²) in [6, 6.07) is 44.7. The summed E-state index contributed by atoms with van der Waals surface area (Å²) in [6.07, 6.45) is 0. The predicted molar refractivity (Wildman–Crippen MR) is 254 cm³/mol. The molecule has 0 aliphatic carbocycles. The SMILES string of the molecule is CC(C)(C)c1ccc2c(c1)CN(Cc1ccc(CN3COc4ccc(-c5ccc6c(c5)CN(Cc5ccc(CN7COc8ccc(C(C)(C)C)cc8C7)cc5)CO6)cc4C3)cc1)CO2. The lowest BCUT2D eigenvalue weighted by Crippen LogP contribution is -2.32. The topological polar surface area (TPSA) is 49.9 Å². The van der Waals surface area contributed by atoms with Gasteiger partial charge in [-0.2, -0.15) is 0 Å². The van der Waals surface area contributed by atoms with Gasteiger partial charge in [0.05, 0.1) is 0 Å². The second-order valence-corrected chi connectivity index (χ2v) is 20.5. The van der Waals surface area contributed by atoms with Crippen LogP contribution in [0.2, 0.25) is 0 Å². The van der Waals surface area contributed by atoms with E-state index in [1.165, 1.54) is 66.8 Å². The van der Waals surface area contributed by atoms with Gasteiger partial charge >= 0.3 is 0 Å². The first-order chi connectivity index (χ1) is 30.8. The van der Waals surface area contributed by atoms with Crippen molar-refractivity contribution in [3.05, 3.63) is 177 Å². The van der Waals surface area contributed by atoms with Gasteiger partial charge in [-0.1, -0.05) is 126 Å². The second-order valence-electron chi connectivity index (χ2n) is 20.5. The van der Waals surface area contributed by atoms with Crippen LogP contribution in [0.5, 0.6) is 23.0 Å². The molecule has 0 amide bonds. The van der Waals surface area contributed by atoms with Gasteiger partial charge in [-0.15, -0.1) is 0 Å². The van der Waals surface area contributed by atoms with Gasteiger partial charge in [-0.05, 0) is 91.7 Å². The molecule has 4 aliphatic heterocycles. The fraction of sp³-hybridized carbons (Fsp3) is 0.357. The van der Waals surface area contributed by atoms with E-state index < -0.39 is 0 Å². The molecule has 6 aromatic carbocycles. The quantitative estimate of drug-likeness (QED) is 0.143. The molecule has 0 aromatic heterocycles. The fourth-order valence-corrected chi connectivity index (χ4v) is 9.40. The van der Waals surface area contributed by atoms with E-state index in [1.807, 2.05) is 0 Å². The molecule has 8 nitrogen and oxygen atoms in total. The number of nitrogens with zero attached hydrogens (tertiary/aromatic N) is 4. The van der Waals surface area contributed by atoms with Gasteiger partial charge in [0.2, 0.25) is 0 Å². The van der Waals surface area contributed by atoms with Crippen LogP contribution in [-0.4, -0.2) is 46.5 Å². The number of rotatable bonds is 9. The van der Waals surface area contributed by atoms with Crippen LogP contribution in [0, 0.1) is 0 Å². The third-order valence-corrected chi connectivity index (χ3v) is 13.2. The molecule has 64 heavy (non-hydrogen) atoms. The molecule has 6 aromatic rings. The Kier molecular flexibility index (Phi) is 11.5. The maximum atomic E-state index is 6.29. The predicted octanol–water partition coefficient (Wildman–Crippen LogP) is 11.4. The number of fused-ring (bicyclic) bond motifs is 4. The van der Waals surface area contributed by atoms with Crippen molar-refractivity contribution in [3.8, 4) is 34.1 Å². The van der Waals surface area contributed by atoms with Crippen LogP contribution in [0.25, 0.3) is 11.1 Å². The van der Waals surface area contributed by atoms with Crippen molar-refractivity contribution in [1.29, 1.82) is 0 Å². The summed E-state index contributed by atoms with van der Waals surface area (Å²) < 4.78 is 24.9. The third kappa shape index (κ3) is 9.57. The molecule has 0 spiro atoms. The smallest absolute Gasteiger partial charge is 0.142 e. The second kappa shape index (κ2) is 17.4. The first kappa shape index (κ1) is 42.3. The summed E-state index contributed by atoms with van der Waals surface area (Å²) in [5.74, 6) is 3.96. The normalized spacial score (nSPS) is 16.9. The van der Waals surface area contributed by atoms with E-state index in [0.717, 1.165) is 75.4 Å². The molecule has 4 aliphatic rings. The van der Waals surface area contributed by atoms with Crippen molar-refractivity contribution in [2.45, 2.75) is 105 Å². The van der Waals surface area contributed by atoms with Crippen LogP contribution in [0.3, 0.4) is 0 Å². The summed E-state index contributed by atoms with van der Waals surface area (Å²) in [4.78, 5) is 9.49. The van der Waals surface area contributed by atoms with Gasteiger partial charge in [0.25, 0.3) is 0 Å². The molecule has 4 heterocycles. The van der Waals surface area contributed by atoms with Gasteiger partial charge in [-0.25, -0.2) is 0 Å². The van der Waals surface area contributed by atoms with Crippen LogP contribution in [-0.2, 0) is 63.2 Å². The highest BCUT2D eigenvalue weighted by molar-refractivity contribution is 5.68. The van der Waals surface area contributed by atoms with Crippen molar-refractivity contribution in [1.82, 2.24) is 19.6 Å². The molecule has 330 valence electrons. The van der Waals surface area contributed by atoms with Crippen LogP contribution < -0.4 is 18.9 Å². The van der Waals surface area contributed by atoms with E-state index in [9.17, 15) is 0 Å². The van der Waals surface area contributed by atoms with Crippen molar-refractivity contribution in [3.63, 3.8) is 0 Å². The Hall–Kier alpha value is -5.64. The van der Waals surface area contributed by atoms with E-state index in [0.29, 0.717) is 26.9 Å². The van der Waals surface area contributed by atoms with E-state index >= 15 is 0 Å². The van der Waals surface area contributed by atoms with Crippen LogP contribution in [0.1, 0.15) is 97.2 Å². The lowest BCUT2D eigenvalue weighted by molar-refractivity contribution is 0.0877. The Morgan fingerprint density at radius 2 is 0.609 bits per heavy atom. The van der Waals surface area contributed by atoms with Gasteiger partial charge in [0, 0.05) is 74.6 Å². The van der Waals surface area contributed by atoms with E-state index in [4.69, 9.17) is 18.9 Å². The standard InChI is InChI=1S/C56H62N4O4/c1-55(2,3)49-17-21-53-47(25-49)33-59(37-63-53)29-41-11-7-39(8-12-41)27-57-31-45-23-43(15-19-51(45)61-35-57)44-16-20-52-46(24-44)32-58(36-62-52)28-40-9-13-42(14-10-40)30-60-34-48-26-50(56(4,5)6)18-22-54(48)64-38-60/h7-26H,27-38H2,1-6H3. The zero-order chi connectivity index (χ0) is 44.0. The molecule has 8 heteroatoms. The lowest BCUT2D eigenvalue weighted by Gasteiger charge is -2.31. The third-order valence-electron chi connectivity index (χ3n) is 13.2. The Labute approximate surface area is 379 Å². The summed E-state index contributed by atoms with van der Waals surface area (Å²) >= 11 is 0. The molecule has 0 N–H and O–H groups in total. The number of hydrogen-bond donors (Lipinski definition) is 0. The molecule has 0 bridgehead atoms. The highest BCUT2D eigenvalue weighted by Crippen LogP contribution is 2.36. The molecular formula is C56H62N4O4. The van der Waals surface area contributed by atoms with Gasteiger partial charge in [0.1, 0.15) is 49.9 Å². The summed E-state index contributed by atoms with van der Waals surface area (Å²) in [6.45, 7) is 22.8. The van der Waals surface area contributed by atoms with Gasteiger partial charge in [-0.3, -0.25) is 19.6 Å². The maximum absolute atomic E-state index is 6.29. The highest BCUT2D eigenvalue weighted by Gasteiger charge is 2.25. The lowest BCUT2D eigenvalue weighted by atomic mass is 9.86. The molecule has 0 saturated heterocycles. The molecule has 10 rings (SSSR count). The monoisotopic (exact) mass is 854 g/mol. The van der Waals surface area contributed by atoms with Gasteiger partial charge < -0.3 is 18.9 Å². The molecule has 0 fully saturated rings. The highest BCUT2D eigenvalue weighted by atomic mass is 16.5. The van der Waals surface area contributed by atoms with Crippen LogP contribution >= 0.6 is 0 Å². The van der Waals surface area contributed by atoms with E-state index in [2.05, 4.69) is 182 Å². The summed E-state index contributed by atoms with van der Waals surface area (Å²) in [5, 5.41) is 0. The zero-order valence-corrected chi connectivity index (χ0v) is 38.5. The number of benzene rings is 6. The zero-order valence-electron chi connectivity index (χ0n) is 38.5. The Morgan fingerprint density at radius 3 is 0.891 bits per heavy atom. The summed E-state index contributed by atoms with van der Waals surface area (Å²) in [5.41, 5.74) is 15.4. The molecule has 0 atom stereocenters. The Balaban J connectivity index is 0.727. The Morgan fingerprint density at radius 1 is 0.344 bits per heavy atom. The maximum Gasteiger partial charge on any atom is 0.142 e. The largest absolute Gasteiger partial charge is 0.478 e. The molecule has 0 unspecified atom stereocenters. The van der Waals surface area contributed by atoms with E-state index in [1.54, 1.807) is 0 Å². The first-order valence-corrected chi connectivity index (χ1v) is 22.9. The average molecular weight is 855 g/mol. The van der Waals surface area contributed by atoms with Crippen molar-refractivity contribution in [2.75, 3.05) is 26.9 Å². The average Bonchev–Trinajstić information content (AvgIpc) is 3.29. The number of ether oxygens (including phenoxy) is 4. The fourth-order valence-electron chi connectivity index (χ4n) is 9.40. The minimum absolute atomic E-state index is 0.116. The van der Waals surface area contributed by atoms with Crippen LogP contribution in [0.4, 0.5) is 0 Å². The molecule has 0 saturated carbocycles. The van der Waals surface area contributed by atoms with Crippen molar-refractivity contribution >= 4 is 0 Å². The van der Waals surface area contributed by atoms with Gasteiger partial charge in [0.15, 0.2) is 0 Å². The van der Waals surface area contributed by atoms with Crippen molar-refractivity contribution in [2.24, 2.45) is 0 Å². The van der Waals surface area contributed by atoms with Crippen molar-refractivity contribution < 1.29 is 18.9 Å². The minimum atomic E-state index is 0.116.